The fourth-order valence-corrected chi connectivity index (χ4v) is 1.62. The Balaban J connectivity index is 2.08. The zero-order valence-electron chi connectivity index (χ0n) is 9.69. The first-order chi connectivity index (χ1) is 7.68. The summed E-state index contributed by atoms with van der Waals surface area (Å²) in [7, 11) is 0. The molecule has 1 aromatic rings. The highest BCUT2D eigenvalue weighted by Gasteiger charge is 2.21. The van der Waals surface area contributed by atoms with Crippen LogP contribution < -0.4 is 10.1 Å². The zero-order chi connectivity index (χ0) is 11.5. The maximum absolute atomic E-state index is 11.8. The lowest BCUT2D eigenvalue weighted by Crippen LogP contribution is -2.28. The lowest BCUT2D eigenvalue weighted by molar-refractivity contribution is 0.0942. The van der Waals surface area contributed by atoms with Crippen molar-refractivity contribution in [2.75, 3.05) is 13.2 Å². The Morgan fingerprint density at radius 1 is 1.69 bits per heavy atom. The van der Waals surface area contributed by atoms with Gasteiger partial charge in [0.25, 0.3) is 5.91 Å². The summed E-state index contributed by atoms with van der Waals surface area (Å²) in [6, 6.07) is 0. The minimum atomic E-state index is -0.100. The lowest BCUT2D eigenvalue weighted by atomic mass is 10.2. The zero-order valence-corrected chi connectivity index (χ0v) is 9.69. The van der Waals surface area contributed by atoms with Crippen molar-refractivity contribution in [3.05, 3.63) is 11.8 Å². The lowest BCUT2D eigenvalue weighted by Gasteiger charge is -2.16. The van der Waals surface area contributed by atoms with Crippen LogP contribution in [-0.4, -0.2) is 28.8 Å². The van der Waals surface area contributed by atoms with Crippen molar-refractivity contribution in [1.29, 1.82) is 0 Å². The summed E-state index contributed by atoms with van der Waals surface area (Å²) >= 11 is 0. The number of rotatable bonds is 3. The Bertz CT molecular complexity index is 385. The van der Waals surface area contributed by atoms with E-state index in [1.807, 2.05) is 0 Å². The summed E-state index contributed by atoms with van der Waals surface area (Å²) < 4.78 is 7.21. The number of aromatic nitrogens is 2. The van der Waals surface area contributed by atoms with E-state index in [-0.39, 0.29) is 5.91 Å². The van der Waals surface area contributed by atoms with E-state index < -0.39 is 0 Å². The number of hydrogen-bond acceptors (Lipinski definition) is 3. The van der Waals surface area contributed by atoms with E-state index in [1.54, 1.807) is 10.9 Å². The highest BCUT2D eigenvalue weighted by atomic mass is 16.5. The molecule has 0 saturated carbocycles. The van der Waals surface area contributed by atoms with Gasteiger partial charge in [0.05, 0.1) is 12.8 Å². The van der Waals surface area contributed by atoms with E-state index in [4.69, 9.17) is 4.74 Å². The number of carbonyl (C=O) groups is 1. The van der Waals surface area contributed by atoms with Crippen molar-refractivity contribution < 1.29 is 9.53 Å². The molecule has 16 heavy (non-hydrogen) atoms. The topological polar surface area (TPSA) is 56.2 Å². The smallest absolute Gasteiger partial charge is 0.258 e. The predicted octanol–water partition coefficient (Wildman–Crippen LogP) is 1.05. The number of nitrogens with one attached hydrogen (secondary N) is 1. The second-order valence-corrected chi connectivity index (χ2v) is 4.39. The van der Waals surface area contributed by atoms with Gasteiger partial charge in [-0.15, -0.1) is 0 Å². The second-order valence-electron chi connectivity index (χ2n) is 4.39. The maximum atomic E-state index is 11.8. The van der Waals surface area contributed by atoms with Gasteiger partial charge < -0.3 is 10.1 Å². The quantitative estimate of drug-likeness (QED) is 0.833. The Morgan fingerprint density at radius 2 is 2.50 bits per heavy atom. The summed E-state index contributed by atoms with van der Waals surface area (Å²) in [6.45, 7) is 6.28. The van der Waals surface area contributed by atoms with E-state index in [1.165, 1.54) is 0 Å². The first-order valence-corrected chi connectivity index (χ1v) is 5.65. The number of amides is 1. The molecule has 0 spiro atoms. The molecule has 5 nitrogen and oxygen atoms in total. The number of nitrogens with zero attached hydrogens (tertiary/aromatic N) is 2. The molecule has 0 unspecified atom stereocenters. The molecular formula is C11H17N3O2. The molecule has 0 aromatic carbocycles. The Morgan fingerprint density at radius 3 is 3.25 bits per heavy atom. The third-order valence-electron chi connectivity index (χ3n) is 2.46. The molecule has 0 fully saturated rings. The van der Waals surface area contributed by atoms with E-state index in [2.05, 4.69) is 24.3 Å². The van der Waals surface area contributed by atoms with Crippen LogP contribution >= 0.6 is 0 Å². The predicted molar refractivity (Wildman–Crippen MR) is 59.5 cm³/mol. The molecule has 88 valence electrons. The molecule has 5 heteroatoms. The monoisotopic (exact) mass is 223 g/mol. The highest BCUT2D eigenvalue weighted by Crippen LogP contribution is 2.21. The van der Waals surface area contributed by atoms with Crippen molar-refractivity contribution in [3.63, 3.8) is 0 Å². The van der Waals surface area contributed by atoms with Crippen molar-refractivity contribution in [1.82, 2.24) is 15.1 Å². The second kappa shape index (κ2) is 4.55. The van der Waals surface area contributed by atoms with Gasteiger partial charge in [0.1, 0.15) is 5.56 Å². The highest BCUT2D eigenvalue weighted by molar-refractivity contribution is 5.96. The molecule has 1 aliphatic heterocycles. The third kappa shape index (κ3) is 2.18. The molecule has 1 N–H and O–H groups in total. The summed E-state index contributed by atoms with van der Waals surface area (Å²) in [4.78, 5) is 11.8. The standard InChI is InChI=1S/C11H17N3O2/c1-8(2)6-12-10(15)9-7-13-14-4-3-5-16-11(9)14/h7-8H,3-6H2,1-2H3,(H,12,15). The summed E-state index contributed by atoms with van der Waals surface area (Å²) in [6.07, 6.45) is 2.53. The van der Waals surface area contributed by atoms with Gasteiger partial charge in [0, 0.05) is 19.5 Å². The van der Waals surface area contributed by atoms with Gasteiger partial charge in [-0.2, -0.15) is 5.10 Å². The first kappa shape index (κ1) is 11.0. The van der Waals surface area contributed by atoms with Gasteiger partial charge in [-0.05, 0) is 5.92 Å². The van der Waals surface area contributed by atoms with Gasteiger partial charge >= 0.3 is 0 Å². The molecule has 0 saturated heterocycles. The van der Waals surface area contributed by atoms with Crippen LogP contribution in [0.5, 0.6) is 5.88 Å². The largest absolute Gasteiger partial charge is 0.477 e. The van der Waals surface area contributed by atoms with Gasteiger partial charge in [-0.1, -0.05) is 13.8 Å². The van der Waals surface area contributed by atoms with Crippen LogP contribution in [0.15, 0.2) is 6.20 Å². The Labute approximate surface area is 94.8 Å². The summed E-state index contributed by atoms with van der Waals surface area (Å²) in [5, 5.41) is 7.00. The van der Waals surface area contributed by atoms with E-state index in [0.717, 1.165) is 13.0 Å². The van der Waals surface area contributed by atoms with Crippen LogP contribution in [0.25, 0.3) is 0 Å². The van der Waals surface area contributed by atoms with Crippen molar-refractivity contribution >= 4 is 5.91 Å². The molecule has 1 amide bonds. The van der Waals surface area contributed by atoms with Crippen LogP contribution in [0, 0.1) is 5.92 Å². The molecule has 0 bridgehead atoms. The van der Waals surface area contributed by atoms with Gasteiger partial charge in [-0.3, -0.25) is 4.79 Å². The van der Waals surface area contributed by atoms with E-state index in [0.29, 0.717) is 30.5 Å². The summed E-state index contributed by atoms with van der Waals surface area (Å²) in [5.74, 6) is 0.945. The Kier molecular flexibility index (Phi) is 3.12. The van der Waals surface area contributed by atoms with E-state index >= 15 is 0 Å². The van der Waals surface area contributed by atoms with Crippen LogP contribution in [0.1, 0.15) is 30.6 Å². The maximum Gasteiger partial charge on any atom is 0.258 e. The molecule has 2 heterocycles. The van der Waals surface area contributed by atoms with Gasteiger partial charge in [0.2, 0.25) is 5.88 Å². The van der Waals surface area contributed by atoms with Crippen LogP contribution in [-0.2, 0) is 6.54 Å². The SMILES string of the molecule is CC(C)CNC(=O)c1cnn2c1OCCC2. The Hall–Kier alpha value is -1.52. The number of hydrogen-bond donors (Lipinski definition) is 1. The van der Waals surface area contributed by atoms with E-state index in [9.17, 15) is 4.79 Å². The van der Waals surface area contributed by atoms with Crippen LogP contribution in [0.3, 0.4) is 0 Å². The van der Waals surface area contributed by atoms with Crippen molar-refractivity contribution in [2.24, 2.45) is 5.92 Å². The van der Waals surface area contributed by atoms with Gasteiger partial charge in [0.15, 0.2) is 0 Å². The minimum Gasteiger partial charge on any atom is -0.477 e. The average molecular weight is 223 g/mol. The molecule has 1 aromatic heterocycles. The number of aryl methyl sites for hydroxylation is 1. The number of ether oxygens (including phenoxy) is 1. The minimum absolute atomic E-state index is 0.100. The fraction of sp³-hybridized carbons (Fsp3) is 0.636. The van der Waals surface area contributed by atoms with Crippen LogP contribution in [0.4, 0.5) is 0 Å². The fourth-order valence-electron chi connectivity index (χ4n) is 1.62. The first-order valence-electron chi connectivity index (χ1n) is 5.65. The van der Waals surface area contributed by atoms with Crippen LogP contribution in [0.2, 0.25) is 0 Å². The molecule has 2 rings (SSSR count). The van der Waals surface area contributed by atoms with Crippen molar-refractivity contribution in [2.45, 2.75) is 26.8 Å². The van der Waals surface area contributed by atoms with Gasteiger partial charge in [-0.25, -0.2) is 4.68 Å². The van der Waals surface area contributed by atoms with Crippen molar-refractivity contribution in [3.8, 4) is 5.88 Å². The third-order valence-corrected chi connectivity index (χ3v) is 2.46. The summed E-state index contributed by atoms with van der Waals surface area (Å²) in [5.41, 5.74) is 0.542. The number of carbonyl (C=O) groups excluding carboxylic acids is 1. The molecule has 1 aliphatic rings. The molecule has 0 radical (unpaired) electrons. The normalized spacial score (nSPS) is 14.4. The molecule has 0 atom stereocenters. The molecular weight excluding hydrogens is 206 g/mol. The number of fused-ring (bicyclic) bond motifs is 1. The molecule has 0 aliphatic carbocycles. The average Bonchev–Trinajstić information content (AvgIpc) is 2.69.